The van der Waals surface area contributed by atoms with Crippen molar-refractivity contribution in [1.29, 1.82) is 0 Å². The number of halogens is 1. The highest BCUT2D eigenvalue weighted by Crippen LogP contribution is 2.39. The fourth-order valence-electron chi connectivity index (χ4n) is 2.31. The molecular weight excluding hydrogens is 281 g/mol. The van der Waals surface area contributed by atoms with E-state index < -0.39 is 0 Å². The Morgan fingerprint density at radius 1 is 1.18 bits per heavy atom. The molecule has 1 aromatic carbocycles. The van der Waals surface area contributed by atoms with Gasteiger partial charge in [0.15, 0.2) is 0 Å². The molecule has 1 aliphatic rings. The fourth-order valence-corrected chi connectivity index (χ4v) is 2.31. The normalized spacial score (nSPS) is 13.7. The summed E-state index contributed by atoms with van der Waals surface area (Å²) in [5, 5.41) is 5.41. The van der Waals surface area contributed by atoms with Crippen LogP contribution in [0.2, 0.25) is 0 Å². The number of rotatable bonds is 5. The van der Waals surface area contributed by atoms with E-state index in [0.29, 0.717) is 18.0 Å². The summed E-state index contributed by atoms with van der Waals surface area (Å²) < 4.78 is 13.4. The number of urea groups is 1. The van der Waals surface area contributed by atoms with Gasteiger partial charge in [-0.3, -0.25) is 4.98 Å². The monoisotopic (exact) mass is 299 g/mol. The smallest absolute Gasteiger partial charge is 0.315 e. The number of pyridine rings is 1. The number of amides is 2. The van der Waals surface area contributed by atoms with Gasteiger partial charge < -0.3 is 10.6 Å². The quantitative estimate of drug-likeness (QED) is 0.891. The highest BCUT2D eigenvalue weighted by Gasteiger charge is 2.23. The van der Waals surface area contributed by atoms with Crippen LogP contribution in [-0.2, 0) is 13.1 Å². The van der Waals surface area contributed by atoms with Crippen molar-refractivity contribution < 1.29 is 9.18 Å². The van der Waals surface area contributed by atoms with Crippen molar-refractivity contribution >= 4 is 6.03 Å². The topological polar surface area (TPSA) is 54.0 Å². The van der Waals surface area contributed by atoms with Crippen LogP contribution in [0.5, 0.6) is 0 Å². The van der Waals surface area contributed by atoms with Gasteiger partial charge in [-0.2, -0.15) is 0 Å². The van der Waals surface area contributed by atoms with Crippen molar-refractivity contribution in [3.05, 3.63) is 65.2 Å². The molecule has 3 rings (SSSR count). The second-order valence-electron chi connectivity index (χ2n) is 5.53. The molecule has 0 radical (unpaired) electrons. The van der Waals surface area contributed by atoms with Gasteiger partial charge in [0.1, 0.15) is 5.82 Å². The number of hydrogen-bond donors (Lipinski definition) is 2. The summed E-state index contributed by atoms with van der Waals surface area (Å²) in [5.74, 6) is 0.325. The molecule has 0 aliphatic heterocycles. The number of nitrogens with one attached hydrogen (secondary N) is 2. The number of carbonyl (C=O) groups is 1. The predicted octanol–water partition coefficient (Wildman–Crippen LogP) is 3.10. The molecule has 22 heavy (non-hydrogen) atoms. The summed E-state index contributed by atoms with van der Waals surface area (Å²) in [6.07, 6.45) is 6.09. The molecule has 2 amide bonds. The Labute approximate surface area is 128 Å². The van der Waals surface area contributed by atoms with Crippen LogP contribution in [-0.4, -0.2) is 11.0 Å². The lowest BCUT2D eigenvalue weighted by atomic mass is 10.1. The van der Waals surface area contributed by atoms with Gasteiger partial charge in [0, 0.05) is 31.0 Å². The second-order valence-corrected chi connectivity index (χ2v) is 5.53. The van der Waals surface area contributed by atoms with Gasteiger partial charge >= 0.3 is 6.03 Å². The molecule has 4 nitrogen and oxygen atoms in total. The zero-order chi connectivity index (χ0) is 15.4. The summed E-state index contributed by atoms with van der Waals surface area (Å²) in [6.45, 7) is 0.579. The molecule has 2 N–H and O–H groups in total. The van der Waals surface area contributed by atoms with Crippen molar-refractivity contribution in [3.8, 4) is 0 Å². The van der Waals surface area contributed by atoms with Gasteiger partial charge in [-0.25, -0.2) is 9.18 Å². The molecule has 1 fully saturated rings. The Morgan fingerprint density at radius 3 is 2.73 bits per heavy atom. The number of hydrogen-bond acceptors (Lipinski definition) is 2. The van der Waals surface area contributed by atoms with Gasteiger partial charge in [0.2, 0.25) is 0 Å². The average molecular weight is 299 g/mol. The first kappa shape index (κ1) is 14.5. The molecule has 1 aliphatic carbocycles. The van der Waals surface area contributed by atoms with Crippen LogP contribution in [0.15, 0.2) is 42.7 Å². The summed E-state index contributed by atoms with van der Waals surface area (Å²) in [7, 11) is 0. The van der Waals surface area contributed by atoms with Crippen LogP contribution < -0.4 is 10.6 Å². The minimum absolute atomic E-state index is 0.166. The lowest BCUT2D eigenvalue weighted by molar-refractivity contribution is 0.240. The van der Waals surface area contributed by atoms with Gasteiger partial charge in [0.05, 0.1) is 0 Å². The summed E-state index contributed by atoms with van der Waals surface area (Å²) in [4.78, 5) is 16.0. The van der Waals surface area contributed by atoms with Crippen LogP contribution in [0, 0.1) is 5.82 Å². The summed E-state index contributed by atoms with van der Waals surface area (Å²) >= 11 is 0. The maximum absolute atomic E-state index is 13.4. The van der Waals surface area contributed by atoms with Crippen molar-refractivity contribution in [2.24, 2.45) is 0 Å². The van der Waals surface area contributed by atoms with E-state index >= 15 is 0 Å². The zero-order valence-corrected chi connectivity index (χ0v) is 12.2. The van der Waals surface area contributed by atoms with E-state index in [0.717, 1.165) is 5.56 Å². The van der Waals surface area contributed by atoms with Crippen LogP contribution in [0.4, 0.5) is 9.18 Å². The molecule has 2 aromatic rings. The molecule has 1 heterocycles. The van der Waals surface area contributed by atoms with Crippen molar-refractivity contribution in [2.75, 3.05) is 0 Å². The third kappa shape index (κ3) is 3.81. The second kappa shape index (κ2) is 6.56. The SMILES string of the molecule is O=C(NCc1cncc(C2CC2)c1)NCc1ccccc1F. The van der Waals surface area contributed by atoms with E-state index in [4.69, 9.17) is 0 Å². The first-order valence-corrected chi connectivity index (χ1v) is 7.41. The first-order chi connectivity index (χ1) is 10.7. The minimum Gasteiger partial charge on any atom is -0.334 e. The molecular formula is C17H18FN3O. The van der Waals surface area contributed by atoms with E-state index in [9.17, 15) is 9.18 Å². The highest BCUT2D eigenvalue weighted by atomic mass is 19.1. The maximum atomic E-state index is 13.4. The van der Waals surface area contributed by atoms with Gasteiger partial charge in [-0.05, 0) is 36.0 Å². The molecule has 0 atom stereocenters. The van der Waals surface area contributed by atoms with Gasteiger partial charge in [-0.15, -0.1) is 0 Å². The third-order valence-corrected chi connectivity index (χ3v) is 3.72. The first-order valence-electron chi connectivity index (χ1n) is 7.41. The van der Waals surface area contributed by atoms with Crippen LogP contribution in [0.1, 0.15) is 35.4 Å². The Balaban J connectivity index is 1.48. The molecule has 1 aromatic heterocycles. The summed E-state index contributed by atoms with van der Waals surface area (Å²) in [5.41, 5.74) is 2.69. The van der Waals surface area contributed by atoms with Crippen molar-refractivity contribution in [1.82, 2.24) is 15.6 Å². The third-order valence-electron chi connectivity index (χ3n) is 3.72. The Bertz CT molecular complexity index is 670. The fraction of sp³-hybridized carbons (Fsp3) is 0.294. The van der Waals surface area contributed by atoms with E-state index in [1.54, 1.807) is 24.4 Å². The number of nitrogens with zero attached hydrogens (tertiary/aromatic N) is 1. The van der Waals surface area contributed by atoms with E-state index in [1.165, 1.54) is 24.5 Å². The largest absolute Gasteiger partial charge is 0.334 e. The van der Waals surface area contributed by atoms with Crippen LogP contribution in [0.3, 0.4) is 0 Å². The van der Waals surface area contributed by atoms with Crippen molar-refractivity contribution in [3.63, 3.8) is 0 Å². The van der Waals surface area contributed by atoms with E-state index in [1.807, 2.05) is 6.20 Å². The van der Waals surface area contributed by atoms with E-state index in [2.05, 4.69) is 21.7 Å². The lowest BCUT2D eigenvalue weighted by Crippen LogP contribution is -2.34. The highest BCUT2D eigenvalue weighted by molar-refractivity contribution is 5.73. The van der Waals surface area contributed by atoms with Crippen LogP contribution in [0.25, 0.3) is 0 Å². The molecule has 1 saturated carbocycles. The molecule has 0 saturated heterocycles. The number of carbonyl (C=O) groups excluding carboxylic acids is 1. The summed E-state index contributed by atoms with van der Waals surface area (Å²) in [6, 6.07) is 8.16. The van der Waals surface area contributed by atoms with Gasteiger partial charge in [0.25, 0.3) is 0 Å². The molecule has 0 bridgehead atoms. The average Bonchev–Trinajstić information content (AvgIpc) is 3.37. The van der Waals surface area contributed by atoms with E-state index in [-0.39, 0.29) is 18.4 Å². The Kier molecular flexibility index (Phi) is 4.32. The lowest BCUT2D eigenvalue weighted by Gasteiger charge is -2.09. The number of aromatic nitrogens is 1. The molecule has 0 spiro atoms. The molecule has 0 unspecified atom stereocenters. The minimum atomic E-state index is -0.319. The Hall–Kier alpha value is -2.43. The number of benzene rings is 1. The zero-order valence-electron chi connectivity index (χ0n) is 12.2. The van der Waals surface area contributed by atoms with Gasteiger partial charge in [-0.1, -0.05) is 24.3 Å². The maximum Gasteiger partial charge on any atom is 0.315 e. The Morgan fingerprint density at radius 2 is 1.95 bits per heavy atom. The van der Waals surface area contributed by atoms with Crippen LogP contribution >= 0.6 is 0 Å². The van der Waals surface area contributed by atoms with Crippen molar-refractivity contribution in [2.45, 2.75) is 31.8 Å². The predicted molar refractivity (Wildman–Crippen MR) is 81.7 cm³/mol. The molecule has 5 heteroatoms. The standard InChI is InChI=1S/C17H18FN3O/c18-16-4-2-1-3-14(16)11-21-17(22)20-9-12-7-15(10-19-8-12)13-5-6-13/h1-4,7-8,10,13H,5-6,9,11H2,(H2,20,21,22). The molecule has 114 valence electrons.